The Hall–Kier alpha value is -1.55. The molecular weight excluding hydrogens is 251 g/mol. The molecule has 1 fully saturated rings. The third-order valence-corrected chi connectivity index (χ3v) is 2.70. The van der Waals surface area contributed by atoms with Gasteiger partial charge < -0.3 is 14.9 Å². The zero-order valence-electron chi connectivity index (χ0n) is 8.95. The lowest BCUT2D eigenvalue weighted by atomic mass is 10.1. The van der Waals surface area contributed by atoms with E-state index < -0.39 is 48.2 Å². The maximum absolute atomic E-state index is 13.1. The Balaban J connectivity index is 2.42. The molecule has 0 saturated carbocycles. The highest BCUT2D eigenvalue weighted by Crippen LogP contribution is 2.27. The van der Waals surface area contributed by atoms with Gasteiger partial charge in [-0.15, -0.1) is 0 Å². The van der Waals surface area contributed by atoms with E-state index in [1.165, 1.54) is 0 Å². The lowest BCUT2D eigenvalue weighted by molar-refractivity contribution is -0.0659. The highest BCUT2D eigenvalue weighted by molar-refractivity contribution is 4.94. The van der Waals surface area contributed by atoms with E-state index in [0.717, 1.165) is 0 Å². The van der Waals surface area contributed by atoms with Crippen LogP contribution in [-0.2, 0) is 9.84 Å². The number of halogens is 1. The third kappa shape index (κ3) is 1.97. The molecule has 99 valence electrons. The number of H-pyrrole nitrogens is 1. The number of aromatic nitrogens is 2. The summed E-state index contributed by atoms with van der Waals surface area (Å²) in [7, 11) is 0. The Morgan fingerprint density at radius 2 is 2.06 bits per heavy atom. The van der Waals surface area contributed by atoms with Gasteiger partial charge in [0.1, 0.15) is 24.9 Å². The Morgan fingerprint density at radius 3 is 2.61 bits per heavy atom. The molecule has 1 aromatic rings. The number of ether oxygens (including phenoxy) is 1. The number of aliphatic hydroxyl groups is 2. The second-order valence-electron chi connectivity index (χ2n) is 3.86. The van der Waals surface area contributed by atoms with E-state index in [-0.39, 0.29) is 0 Å². The number of nitrogens with one attached hydrogen (secondary N) is 1. The van der Waals surface area contributed by atoms with Crippen molar-refractivity contribution in [2.75, 3.05) is 6.61 Å². The minimum Gasteiger partial charge on any atom is -0.387 e. The fourth-order valence-electron chi connectivity index (χ4n) is 1.75. The highest BCUT2D eigenvalue weighted by atomic mass is 19.1. The van der Waals surface area contributed by atoms with Crippen molar-refractivity contribution in [3.63, 3.8) is 0 Å². The monoisotopic (exact) mass is 261 g/mol. The van der Waals surface area contributed by atoms with Crippen LogP contribution in [0.25, 0.3) is 0 Å². The average Bonchev–Trinajstić information content (AvgIpc) is 2.61. The zero-order chi connectivity index (χ0) is 13.4. The van der Waals surface area contributed by atoms with Crippen LogP contribution < -0.4 is 11.2 Å². The van der Waals surface area contributed by atoms with Crippen LogP contribution in [0.3, 0.4) is 0 Å². The van der Waals surface area contributed by atoms with Crippen LogP contribution in [0.2, 0.25) is 0 Å². The molecule has 1 aliphatic rings. The first-order chi connectivity index (χ1) is 8.45. The van der Waals surface area contributed by atoms with Gasteiger partial charge in [-0.25, -0.2) is 9.90 Å². The Morgan fingerprint density at radius 1 is 1.39 bits per heavy atom. The average molecular weight is 261 g/mol. The Labute approximate surface area is 98.9 Å². The van der Waals surface area contributed by atoms with Crippen LogP contribution >= 0.6 is 0 Å². The van der Waals surface area contributed by atoms with Crippen molar-refractivity contribution >= 4 is 0 Å². The molecule has 0 amide bonds. The van der Waals surface area contributed by atoms with E-state index in [0.29, 0.717) is 10.8 Å². The summed E-state index contributed by atoms with van der Waals surface area (Å²) in [6, 6.07) is 0. The van der Waals surface area contributed by atoms with Crippen LogP contribution in [0.4, 0.5) is 4.39 Å². The number of aromatic amines is 1. The fourth-order valence-corrected chi connectivity index (χ4v) is 1.75. The van der Waals surface area contributed by atoms with Crippen molar-refractivity contribution in [1.29, 1.82) is 0 Å². The number of hydrogen-bond acceptors (Lipinski definition) is 5. The summed E-state index contributed by atoms with van der Waals surface area (Å²) in [4.78, 5) is 23.9. The molecule has 0 aromatic carbocycles. The predicted octanol–water partition coefficient (Wildman–Crippen LogP) is -2.27. The van der Waals surface area contributed by atoms with Gasteiger partial charge in [-0.1, -0.05) is 0 Å². The fraction of sp³-hybridized carbons (Fsp3) is 0.556. The minimum absolute atomic E-state index is 0.551. The van der Waals surface area contributed by atoms with Crippen LogP contribution in [0.5, 0.6) is 0 Å². The number of hydrogen-bond donors (Lipinski definition) is 3. The zero-order valence-corrected chi connectivity index (χ0v) is 8.95. The van der Waals surface area contributed by atoms with E-state index in [4.69, 9.17) is 4.74 Å². The molecule has 0 unspecified atom stereocenters. The molecule has 3 N–H and O–H groups in total. The van der Waals surface area contributed by atoms with Gasteiger partial charge in [-0.2, -0.15) is 4.39 Å². The highest BCUT2D eigenvalue weighted by Gasteiger charge is 2.44. The summed E-state index contributed by atoms with van der Waals surface area (Å²) in [5.74, 6) is -1.24. The topological polar surface area (TPSA) is 124 Å². The summed E-state index contributed by atoms with van der Waals surface area (Å²) in [5, 5.41) is 29.7. The van der Waals surface area contributed by atoms with Crippen LogP contribution in [0.1, 0.15) is 6.23 Å². The lowest BCUT2D eigenvalue weighted by Crippen LogP contribution is -2.38. The molecular formula is C9H10FN2O6. The standard InChI is InChI=1S/C9H10FN2O6/c10-3-1-12(9(17)11-7(3)16)8-6(15)5(14)4(2-13)18-8/h1,4-6,8,14-15H,2H2,(H,11,16,17)/t4-,5-,6-,8-/m1/s1. The lowest BCUT2D eigenvalue weighted by Gasteiger charge is -2.16. The molecule has 0 spiro atoms. The molecule has 1 saturated heterocycles. The first kappa shape index (κ1) is 12.9. The van der Waals surface area contributed by atoms with Crippen molar-refractivity contribution in [1.82, 2.24) is 9.55 Å². The van der Waals surface area contributed by atoms with Gasteiger partial charge in [0, 0.05) is 0 Å². The van der Waals surface area contributed by atoms with Gasteiger partial charge >= 0.3 is 5.69 Å². The number of rotatable bonds is 2. The smallest absolute Gasteiger partial charge is 0.330 e. The van der Waals surface area contributed by atoms with Crippen molar-refractivity contribution in [2.45, 2.75) is 24.5 Å². The van der Waals surface area contributed by atoms with Crippen LogP contribution in [0.15, 0.2) is 15.8 Å². The quantitative estimate of drug-likeness (QED) is 0.553. The first-order valence-electron chi connectivity index (χ1n) is 5.06. The molecule has 2 heterocycles. The normalized spacial score (nSPS) is 31.8. The van der Waals surface area contributed by atoms with Crippen molar-refractivity contribution < 1.29 is 24.4 Å². The molecule has 4 atom stereocenters. The van der Waals surface area contributed by atoms with E-state index in [1.807, 2.05) is 0 Å². The Kier molecular flexibility index (Phi) is 3.30. The van der Waals surface area contributed by atoms with Gasteiger partial charge in [-0.05, 0) is 0 Å². The molecule has 1 radical (unpaired) electrons. The van der Waals surface area contributed by atoms with Gasteiger partial charge in [0.15, 0.2) is 6.23 Å². The predicted molar refractivity (Wildman–Crippen MR) is 52.8 cm³/mol. The van der Waals surface area contributed by atoms with Crippen LogP contribution in [0, 0.1) is 5.82 Å². The molecule has 18 heavy (non-hydrogen) atoms. The van der Waals surface area contributed by atoms with Gasteiger partial charge in [-0.3, -0.25) is 14.3 Å². The molecule has 1 aliphatic heterocycles. The van der Waals surface area contributed by atoms with Crippen molar-refractivity contribution in [2.24, 2.45) is 0 Å². The maximum atomic E-state index is 13.1. The van der Waals surface area contributed by atoms with Gasteiger partial charge in [0.05, 0.1) is 6.20 Å². The molecule has 8 nitrogen and oxygen atoms in total. The summed E-state index contributed by atoms with van der Waals surface area (Å²) >= 11 is 0. The second kappa shape index (κ2) is 4.61. The largest absolute Gasteiger partial charge is 0.387 e. The SMILES string of the molecule is [O]C[C@H]1O[C@@H](n2cc(F)c(=O)[nH]c2=O)[C@H](O)[C@@H]1O. The summed E-state index contributed by atoms with van der Waals surface area (Å²) < 4.78 is 18.6. The van der Waals surface area contributed by atoms with Crippen molar-refractivity contribution in [3.8, 4) is 0 Å². The van der Waals surface area contributed by atoms with E-state index in [2.05, 4.69) is 0 Å². The Bertz CT molecular complexity index is 555. The maximum Gasteiger partial charge on any atom is 0.330 e. The summed E-state index contributed by atoms with van der Waals surface area (Å²) in [6.45, 7) is -0.824. The van der Waals surface area contributed by atoms with Crippen molar-refractivity contribution in [3.05, 3.63) is 32.9 Å². The van der Waals surface area contributed by atoms with Crippen LogP contribution in [-0.4, -0.2) is 44.7 Å². The number of aliphatic hydroxyl groups excluding tert-OH is 2. The third-order valence-electron chi connectivity index (χ3n) is 2.70. The van der Waals surface area contributed by atoms with Gasteiger partial charge in [0.25, 0.3) is 5.56 Å². The van der Waals surface area contributed by atoms with Gasteiger partial charge in [0.2, 0.25) is 5.82 Å². The summed E-state index contributed by atoms with van der Waals surface area (Å²) in [5.41, 5.74) is -2.21. The minimum atomic E-state index is -1.56. The van der Waals surface area contributed by atoms with E-state index in [9.17, 15) is 29.3 Å². The van der Waals surface area contributed by atoms with E-state index in [1.54, 1.807) is 4.98 Å². The summed E-state index contributed by atoms with van der Waals surface area (Å²) in [6.07, 6.45) is -5.11. The first-order valence-corrected chi connectivity index (χ1v) is 5.06. The number of nitrogens with zero attached hydrogens (tertiary/aromatic N) is 1. The molecule has 0 bridgehead atoms. The molecule has 1 aromatic heterocycles. The van der Waals surface area contributed by atoms with E-state index >= 15 is 0 Å². The molecule has 0 aliphatic carbocycles. The molecule has 2 rings (SSSR count). The second-order valence-corrected chi connectivity index (χ2v) is 3.86. The molecule has 9 heteroatoms.